The lowest BCUT2D eigenvalue weighted by Crippen LogP contribution is -2.52. The molecule has 0 bridgehead atoms. The standard InChI is InChI=1S/C33H43ClN4O3/c1-2-18-38(32(40)35-21-25-12-14-29(34)15-13-25)30-16-19-36(20-17-30)22-28-23-37(31(39)26-8-6-7-9-26)24-33(28,41)27-10-4-3-5-11-27/h2-5,10-15,26,28,30,41H,1,6-9,16-24H2,(H,35,40)/t28-,33-/m0/s1. The molecule has 2 saturated heterocycles. The molecule has 2 aromatic rings. The van der Waals surface area contributed by atoms with E-state index >= 15 is 0 Å². The minimum Gasteiger partial charge on any atom is -0.383 e. The second-order valence-corrected chi connectivity index (χ2v) is 12.4. The van der Waals surface area contributed by atoms with Gasteiger partial charge in [0.1, 0.15) is 5.60 Å². The molecule has 2 aliphatic heterocycles. The summed E-state index contributed by atoms with van der Waals surface area (Å²) in [6.45, 7) is 8.13. The molecular formula is C33H43ClN4O3. The number of nitrogens with zero attached hydrogens (tertiary/aromatic N) is 3. The van der Waals surface area contributed by atoms with Gasteiger partial charge < -0.3 is 25.1 Å². The summed E-state index contributed by atoms with van der Waals surface area (Å²) in [6, 6.07) is 17.4. The quantitative estimate of drug-likeness (QED) is 0.409. The van der Waals surface area contributed by atoms with Crippen LogP contribution in [0, 0.1) is 11.8 Å². The summed E-state index contributed by atoms with van der Waals surface area (Å²) >= 11 is 5.99. The van der Waals surface area contributed by atoms with Gasteiger partial charge in [0.15, 0.2) is 0 Å². The molecule has 2 atom stereocenters. The molecule has 1 saturated carbocycles. The molecule has 7 nitrogen and oxygen atoms in total. The van der Waals surface area contributed by atoms with E-state index in [1.54, 1.807) is 6.08 Å². The van der Waals surface area contributed by atoms with Crippen molar-refractivity contribution in [2.24, 2.45) is 11.8 Å². The average Bonchev–Trinajstić information content (AvgIpc) is 3.65. The zero-order chi connectivity index (χ0) is 28.8. The van der Waals surface area contributed by atoms with Gasteiger partial charge in [0.2, 0.25) is 5.91 Å². The van der Waals surface area contributed by atoms with E-state index in [-0.39, 0.29) is 29.8 Å². The van der Waals surface area contributed by atoms with Gasteiger partial charge in [-0.05, 0) is 48.9 Å². The molecule has 3 aliphatic rings. The number of halogens is 1. The fourth-order valence-electron chi connectivity index (χ4n) is 6.91. The minimum absolute atomic E-state index is 0.0706. The van der Waals surface area contributed by atoms with Gasteiger partial charge in [0, 0.05) is 62.2 Å². The number of aliphatic hydroxyl groups is 1. The molecule has 3 amide bonds. The van der Waals surface area contributed by atoms with Gasteiger partial charge in [-0.3, -0.25) is 4.79 Å². The van der Waals surface area contributed by atoms with Gasteiger partial charge in [0.05, 0.1) is 6.54 Å². The largest absolute Gasteiger partial charge is 0.383 e. The van der Waals surface area contributed by atoms with Crippen molar-refractivity contribution in [2.45, 2.75) is 56.7 Å². The van der Waals surface area contributed by atoms with Crippen LogP contribution in [-0.4, -0.2) is 77.1 Å². The number of urea groups is 1. The first-order valence-electron chi connectivity index (χ1n) is 15.1. The first-order valence-corrected chi connectivity index (χ1v) is 15.4. The van der Waals surface area contributed by atoms with Crippen LogP contribution in [0.1, 0.15) is 49.7 Å². The third-order valence-corrected chi connectivity index (χ3v) is 9.51. The van der Waals surface area contributed by atoms with Crippen LogP contribution in [0.15, 0.2) is 67.3 Å². The van der Waals surface area contributed by atoms with Crippen molar-refractivity contribution >= 4 is 23.5 Å². The van der Waals surface area contributed by atoms with Crippen LogP contribution < -0.4 is 5.32 Å². The highest BCUT2D eigenvalue weighted by atomic mass is 35.5. The maximum Gasteiger partial charge on any atom is 0.318 e. The molecule has 2 heterocycles. The summed E-state index contributed by atoms with van der Waals surface area (Å²) < 4.78 is 0. The van der Waals surface area contributed by atoms with Crippen molar-refractivity contribution in [2.75, 3.05) is 39.3 Å². The van der Waals surface area contributed by atoms with E-state index in [1.807, 2.05) is 64.4 Å². The second-order valence-electron chi connectivity index (χ2n) is 11.9. The highest BCUT2D eigenvalue weighted by molar-refractivity contribution is 6.30. The Hall–Kier alpha value is -2.87. The molecule has 0 unspecified atom stereocenters. The van der Waals surface area contributed by atoms with Crippen LogP contribution in [0.25, 0.3) is 0 Å². The van der Waals surface area contributed by atoms with Gasteiger partial charge in [-0.1, -0.05) is 73.0 Å². The first-order chi connectivity index (χ1) is 19.9. The van der Waals surface area contributed by atoms with Crippen molar-refractivity contribution in [3.8, 4) is 0 Å². The van der Waals surface area contributed by atoms with Gasteiger partial charge in [-0.25, -0.2) is 4.79 Å². The van der Waals surface area contributed by atoms with Gasteiger partial charge in [-0.15, -0.1) is 6.58 Å². The van der Waals surface area contributed by atoms with E-state index in [9.17, 15) is 14.7 Å². The number of rotatable bonds is 9. The van der Waals surface area contributed by atoms with E-state index in [4.69, 9.17) is 11.6 Å². The third-order valence-electron chi connectivity index (χ3n) is 9.26. The van der Waals surface area contributed by atoms with E-state index in [0.29, 0.717) is 31.2 Å². The normalized spacial score (nSPS) is 24.0. The topological polar surface area (TPSA) is 76.1 Å². The van der Waals surface area contributed by atoms with Crippen molar-refractivity contribution in [1.29, 1.82) is 0 Å². The number of benzene rings is 2. The zero-order valence-electron chi connectivity index (χ0n) is 23.9. The first kappa shape index (κ1) is 29.6. The van der Waals surface area contributed by atoms with Crippen LogP contribution >= 0.6 is 11.6 Å². The number of piperidine rings is 1. The SMILES string of the molecule is C=CCN(C(=O)NCc1ccc(Cl)cc1)C1CCN(C[C@H]2CN(C(=O)C3CCCC3)C[C@]2(O)c2ccccc2)CC1. The minimum atomic E-state index is -1.07. The lowest BCUT2D eigenvalue weighted by molar-refractivity contribution is -0.135. The molecule has 3 fully saturated rings. The number of nitrogens with one attached hydrogen (secondary N) is 1. The van der Waals surface area contributed by atoms with Crippen molar-refractivity contribution < 1.29 is 14.7 Å². The van der Waals surface area contributed by atoms with E-state index < -0.39 is 5.60 Å². The molecule has 8 heteroatoms. The maximum absolute atomic E-state index is 13.4. The Kier molecular flexibility index (Phi) is 9.68. The predicted molar refractivity (Wildman–Crippen MR) is 162 cm³/mol. The molecule has 2 aromatic carbocycles. The molecular weight excluding hydrogens is 536 g/mol. The number of likely N-dealkylation sites (tertiary alicyclic amines) is 2. The Morgan fingerprint density at radius 1 is 1.05 bits per heavy atom. The summed E-state index contributed by atoms with van der Waals surface area (Å²) in [5.41, 5.74) is 0.818. The van der Waals surface area contributed by atoms with Crippen LogP contribution in [0.4, 0.5) is 4.79 Å². The fourth-order valence-corrected chi connectivity index (χ4v) is 7.03. The van der Waals surface area contributed by atoms with Crippen LogP contribution in [0.2, 0.25) is 5.02 Å². The summed E-state index contributed by atoms with van der Waals surface area (Å²) in [5, 5.41) is 15.8. The van der Waals surface area contributed by atoms with E-state index in [1.165, 1.54) is 0 Å². The average molecular weight is 579 g/mol. The van der Waals surface area contributed by atoms with Crippen LogP contribution in [0.5, 0.6) is 0 Å². The molecule has 41 heavy (non-hydrogen) atoms. The number of β-amino-alcohol motifs (C(OH)–C–C–N with tert-alkyl or cyclic N) is 1. The number of carbonyl (C=O) groups is 2. The van der Waals surface area contributed by atoms with Gasteiger partial charge in [0.25, 0.3) is 0 Å². The van der Waals surface area contributed by atoms with E-state index in [0.717, 1.165) is 69.3 Å². The Morgan fingerprint density at radius 2 is 1.73 bits per heavy atom. The molecule has 5 rings (SSSR count). The zero-order valence-corrected chi connectivity index (χ0v) is 24.6. The summed E-state index contributed by atoms with van der Waals surface area (Å²) in [6.07, 6.45) is 7.65. The molecule has 220 valence electrons. The smallest absolute Gasteiger partial charge is 0.318 e. The second kappa shape index (κ2) is 13.4. The molecule has 0 aromatic heterocycles. The highest BCUT2D eigenvalue weighted by Crippen LogP contribution is 2.40. The lowest BCUT2D eigenvalue weighted by Gasteiger charge is -2.40. The van der Waals surface area contributed by atoms with Crippen molar-refractivity contribution in [3.05, 3.63) is 83.4 Å². The molecule has 0 spiro atoms. The monoisotopic (exact) mass is 578 g/mol. The van der Waals surface area contributed by atoms with E-state index in [2.05, 4.69) is 16.8 Å². The Morgan fingerprint density at radius 3 is 2.39 bits per heavy atom. The number of carbonyl (C=O) groups excluding carboxylic acids is 2. The maximum atomic E-state index is 13.4. The highest BCUT2D eigenvalue weighted by Gasteiger charge is 2.49. The van der Waals surface area contributed by atoms with Crippen LogP contribution in [-0.2, 0) is 16.9 Å². The lowest BCUT2D eigenvalue weighted by atomic mass is 9.83. The molecule has 1 aliphatic carbocycles. The van der Waals surface area contributed by atoms with Crippen molar-refractivity contribution in [1.82, 2.24) is 20.0 Å². The van der Waals surface area contributed by atoms with Gasteiger partial charge in [-0.2, -0.15) is 0 Å². The Bertz CT molecular complexity index is 1180. The molecule has 2 N–H and O–H groups in total. The van der Waals surface area contributed by atoms with Crippen molar-refractivity contribution in [3.63, 3.8) is 0 Å². The summed E-state index contributed by atoms with van der Waals surface area (Å²) in [5.74, 6) is 0.243. The number of amides is 3. The van der Waals surface area contributed by atoms with Gasteiger partial charge >= 0.3 is 6.03 Å². The Balaban J connectivity index is 1.20. The summed E-state index contributed by atoms with van der Waals surface area (Å²) in [4.78, 5) is 32.7. The fraction of sp³-hybridized carbons (Fsp3) is 0.515. The number of hydrogen-bond acceptors (Lipinski definition) is 4. The third kappa shape index (κ3) is 6.96. The summed E-state index contributed by atoms with van der Waals surface area (Å²) in [7, 11) is 0. The predicted octanol–water partition coefficient (Wildman–Crippen LogP) is 5.04. The number of hydrogen-bond donors (Lipinski definition) is 2. The van der Waals surface area contributed by atoms with Crippen LogP contribution in [0.3, 0.4) is 0 Å². The Labute approximate surface area is 249 Å². The molecule has 0 radical (unpaired) electrons.